The summed E-state index contributed by atoms with van der Waals surface area (Å²) >= 11 is 1.77. The third kappa shape index (κ3) is 2.30. The summed E-state index contributed by atoms with van der Waals surface area (Å²) in [4.78, 5) is 3.65. The molecule has 1 saturated heterocycles. The summed E-state index contributed by atoms with van der Waals surface area (Å²) in [7, 11) is 0. The maximum absolute atomic E-state index is 10.00. The van der Waals surface area contributed by atoms with Gasteiger partial charge in [-0.15, -0.1) is 11.3 Å². The molecule has 0 saturated carbocycles. The number of β-amino-alcohol motifs (C(OH)–C–C–N with tert-alkyl or cyclic N) is 1. The lowest BCUT2D eigenvalue weighted by atomic mass is 10.1. The Morgan fingerprint density at radius 1 is 1.69 bits per heavy atom. The van der Waals surface area contributed by atoms with Crippen molar-refractivity contribution in [2.45, 2.75) is 31.9 Å². The minimum atomic E-state index is -0.543. The van der Waals surface area contributed by atoms with Crippen LogP contribution in [0.15, 0.2) is 11.4 Å². The molecule has 3 nitrogen and oxygen atoms in total. The predicted molar refractivity (Wildman–Crippen MR) is 67.7 cm³/mol. The lowest BCUT2D eigenvalue weighted by molar-refractivity contribution is 0.0628. The first kappa shape index (κ1) is 12.0. The molecule has 2 rings (SSSR count). The predicted octanol–water partition coefficient (Wildman–Crippen LogP) is 1.51. The molecule has 1 fully saturated rings. The van der Waals surface area contributed by atoms with Crippen molar-refractivity contribution in [3.8, 4) is 0 Å². The molecule has 0 bridgehead atoms. The Bertz CT molecular complexity index is 362. The van der Waals surface area contributed by atoms with Crippen LogP contribution >= 0.6 is 11.3 Å². The lowest BCUT2D eigenvalue weighted by Crippen LogP contribution is -2.35. The number of nitrogens with two attached hydrogens (primary N) is 1. The largest absolute Gasteiger partial charge is 0.389 e. The van der Waals surface area contributed by atoms with Gasteiger partial charge in [0.2, 0.25) is 0 Å². The molecule has 16 heavy (non-hydrogen) atoms. The zero-order valence-corrected chi connectivity index (χ0v) is 10.8. The van der Waals surface area contributed by atoms with Crippen molar-refractivity contribution in [1.82, 2.24) is 4.90 Å². The van der Waals surface area contributed by atoms with Crippen molar-refractivity contribution in [2.24, 2.45) is 5.73 Å². The van der Waals surface area contributed by atoms with Gasteiger partial charge in [-0.05, 0) is 37.3 Å². The molecule has 0 aromatic carbocycles. The van der Waals surface area contributed by atoms with Crippen LogP contribution in [-0.2, 0) is 0 Å². The summed E-state index contributed by atoms with van der Waals surface area (Å²) in [5, 5.41) is 12.1. The second-order valence-corrected chi connectivity index (χ2v) is 5.88. The van der Waals surface area contributed by atoms with Crippen molar-refractivity contribution < 1.29 is 5.11 Å². The van der Waals surface area contributed by atoms with Crippen LogP contribution in [0, 0.1) is 6.92 Å². The van der Waals surface area contributed by atoms with Gasteiger partial charge in [-0.25, -0.2) is 0 Å². The quantitative estimate of drug-likeness (QED) is 0.842. The molecule has 4 heteroatoms. The smallest absolute Gasteiger partial charge is 0.0758 e. The van der Waals surface area contributed by atoms with Crippen molar-refractivity contribution in [1.29, 1.82) is 0 Å². The minimum Gasteiger partial charge on any atom is -0.389 e. The number of hydrogen-bond donors (Lipinski definition) is 2. The molecule has 1 aliphatic rings. The van der Waals surface area contributed by atoms with Crippen molar-refractivity contribution in [3.05, 3.63) is 21.9 Å². The van der Waals surface area contributed by atoms with Crippen LogP contribution in [0.4, 0.5) is 0 Å². The normalized spacial score (nSPS) is 28.5. The average Bonchev–Trinajstić information content (AvgIpc) is 2.76. The lowest BCUT2D eigenvalue weighted by Gasteiger charge is -2.27. The van der Waals surface area contributed by atoms with Crippen molar-refractivity contribution in [3.63, 3.8) is 0 Å². The van der Waals surface area contributed by atoms with E-state index in [1.165, 1.54) is 10.4 Å². The molecular formula is C12H20N2OS. The number of likely N-dealkylation sites (tertiary alicyclic amines) is 1. The summed E-state index contributed by atoms with van der Waals surface area (Å²) in [5.74, 6) is 0. The van der Waals surface area contributed by atoms with E-state index in [-0.39, 0.29) is 6.04 Å². The Balaban J connectivity index is 2.16. The maximum Gasteiger partial charge on any atom is 0.0758 e. The van der Waals surface area contributed by atoms with Gasteiger partial charge in [-0.1, -0.05) is 0 Å². The van der Waals surface area contributed by atoms with E-state index in [9.17, 15) is 5.11 Å². The molecule has 90 valence electrons. The zero-order chi connectivity index (χ0) is 11.8. The van der Waals surface area contributed by atoms with Crippen LogP contribution in [0.25, 0.3) is 0 Å². The van der Waals surface area contributed by atoms with Crippen LogP contribution in [-0.4, -0.2) is 35.2 Å². The minimum absolute atomic E-state index is 0.272. The molecule has 2 atom stereocenters. The SMILES string of the molecule is Cc1ccsc1C(CN)N1CCC(C)(O)C1. The van der Waals surface area contributed by atoms with Gasteiger partial charge in [0.05, 0.1) is 11.6 Å². The standard InChI is InChI=1S/C12H20N2OS/c1-9-3-6-16-11(9)10(7-13)14-5-4-12(2,15)8-14/h3,6,10,15H,4-5,7-8,13H2,1-2H3. The highest BCUT2D eigenvalue weighted by Gasteiger charge is 2.35. The van der Waals surface area contributed by atoms with Crippen LogP contribution in [0.1, 0.15) is 29.8 Å². The maximum atomic E-state index is 10.00. The van der Waals surface area contributed by atoms with Crippen LogP contribution in [0.5, 0.6) is 0 Å². The van der Waals surface area contributed by atoms with E-state index in [0.29, 0.717) is 6.54 Å². The fourth-order valence-electron chi connectivity index (χ4n) is 2.39. The van der Waals surface area contributed by atoms with E-state index >= 15 is 0 Å². The van der Waals surface area contributed by atoms with Crippen LogP contribution in [0.2, 0.25) is 0 Å². The molecular weight excluding hydrogens is 220 g/mol. The van der Waals surface area contributed by atoms with Crippen LogP contribution < -0.4 is 5.73 Å². The number of aliphatic hydroxyl groups is 1. The molecule has 0 amide bonds. The highest BCUT2D eigenvalue weighted by Crippen LogP contribution is 2.33. The first-order valence-corrected chi connectivity index (χ1v) is 6.62. The highest BCUT2D eigenvalue weighted by molar-refractivity contribution is 7.10. The molecule has 2 unspecified atom stereocenters. The first-order chi connectivity index (χ1) is 7.53. The second kappa shape index (κ2) is 4.45. The molecule has 1 aromatic heterocycles. The highest BCUT2D eigenvalue weighted by atomic mass is 32.1. The Kier molecular flexibility index (Phi) is 3.35. The van der Waals surface area contributed by atoms with E-state index < -0.39 is 5.60 Å². The van der Waals surface area contributed by atoms with Gasteiger partial charge in [0.25, 0.3) is 0 Å². The molecule has 0 aliphatic carbocycles. The monoisotopic (exact) mass is 240 g/mol. The third-order valence-electron chi connectivity index (χ3n) is 3.35. The van der Waals surface area contributed by atoms with Gasteiger partial charge in [-0.2, -0.15) is 0 Å². The van der Waals surface area contributed by atoms with Crippen LogP contribution in [0.3, 0.4) is 0 Å². The Morgan fingerprint density at radius 2 is 2.44 bits per heavy atom. The second-order valence-electron chi connectivity index (χ2n) is 4.94. The summed E-state index contributed by atoms with van der Waals surface area (Å²) in [5.41, 5.74) is 6.65. The summed E-state index contributed by atoms with van der Waals surface area (Å²) in [6.45, 7) is 6.32. The van der Waals surface area contributed by atoms with E-state index in [4.69, 9.17) is 5.73 Å². The fourth-order valence-corrected chi connectivity index (χ4v) is 3.47. The molecule has 0 radical (unpaired) electrons. The Morgan fingerprint density at radius 3 is 2.88 bits per heavy atom. The van der Waals surface area contributed by atoms with Crippen molar-refractivity contribution >= 4 is 11.3 Å². The summed E-state index contributed by atoms with van der Waals surface area (Å²) in [6, 6.07) is 2.41. The number of nitrogens with zero attached hydrogens (tertiary/aromatic N) is 1. The van der Waals surface area contributed by atoms with Gasteiger partial charge >= 0.3 is 0 Å². The van der Waals surface area contributed by atoms with Gasteiger partial charge < -0.3 is 10.8 Å². The molecule has 0 spiro atoms. The van der Waals surface area contributed by atoms with Gasteiger partial charge in [0.1, 0.15) is 0 Å². The van der Waals surface area contributed by atoms with Crippen molar-refractivity contribution in [2.75, 3.05) is 19.6 Å². The van der Waals surface area contributed by atoms with Gasteiger partial charge in [0.15, 0.2) is 0 Å². The third-order valence-corrected chi connectivity index (χ3v) is 4.47. The van der Waals surface area contributed by atoms with E-state index in [1.54, 1.807) is 11.3 Å². The Labute approximate surface area is 101 Å². The van der Waals surface area contributed by atoms with E-state index in [0.717, 1.165) is 19.5 Å². The average molecular weight is 240 g/mol. The number of thiophene rings is 1. The number of rotatable bonds is 3. The topological polar surface area (TPSA) is 49.5 Å². The molecule has 2 heterocycles. The van der Waals surface area contributed by atoms with E-state index in [2.05, 4.69) is 23.3 Å². The van der Waals surface area contributed by atoms with Gasteiger partial charge in [-0.3, -0.25) is 4.90 Å². The van der Waals surface area contributed by atoms with E-state index in [1.807, 2.05) is 6.92 Å². The molecule has 1 aromatic rings. The summed E-state index contributed by atoms with van der Waals surface area (Å²) < 4.78 is 0. The van der Waals surface area contributed by atoms with Gasteiger partial charge in [0, 0.05) is 24.5 Å². The number of aryl methyl sites for hydroxylation is 1. The molecule has 3 N–H and O–H groups in total. The zero-order valence-electron chi connectivity index (χ0n) is 9.94. The molecule has 1 aliphatic heterocycles. The summed E-state index contributed by atoms with van der Waals surface area (Å²) in [6.07, 6.45) is 0.841. The Hall–Kier alpha value is -0.420. The number of hydrogen-bond acceptors (Lipinski definition) is 4. The fraction of sp³-hybridized carbons (Fsp3) is 0.667. The first-order valence-electron chi connectivity index (χ1n) is 5.74.